The van der Waals surface area contributed by atoms with Crippen LogP contribution < -0.4 is 5.32 Å². The van der Waals surface area contributed by atoms with E-state index in [2.05, 4.69) is 11.9 Å². The third-order valence-electron chi connectivity index (χ3n) is 3.00. The number of amides is 1. The number of hydrogen-bond acceptors (Lipinski definition) is 2. The first-order valence-electron chi connectivity index (χ1n) is 6.03. The van der Waals surface area contributed by atoms with Crippen LogP contribution in [-0.2, 0) is 4.79 Å². The van der Waals surface area contributed by atoms with Gasteiger partial charge in [-0.3, -0.25) is 4.79 Å². The fourth-order valence-corrected chi connectivity index (χ4v) is 2.22. The van der Waals surface area contributed by atoms with Crippen molar-refractivity contribution in [1.29, 1.82) is 0 Å². The van der Waals surface area contributed by atoms with E-state index >= 15 is 0 Å². The van der Waals surface area contributed by atoms with Crippen molar-refractivity contribution in [2.24, 2.45) is 5.92 Å². The Hall–Kier alpha value is -1.04. The molecule has 0 aliphatic carbocycles. The monoisotopic (exact) mass is 264 g/mol. The van der Waals surface area contributed by atoms with Crippen molar-refractivity contribution < 1.29 is 18.0 Å². The molecule has 1 aliphatic rings. The number of rotatable bonds is 4. The molecule has 18 heavy (non-hydrogen) atoms. The van der Waals surface area contributed by atoms with Gasteiger partial charge in [0.1, 0.15) is 6.54 Å². The van der Waals surface area contributed by atoms with Crippen LogP contribution in [0.5, 0.6) is 0 Å². The van der Waals surface area contributed by atoms with Gasteiger partial charge in [0, 0.05) is 18.5 Å². The Bertz CT molecular complexity index is 304. The van der Waals surface area contributed by atoms with Crippen molar-refractivity contribution in [2.45, 2.75) is 32.0 Å². The molecule has 0 aromatic heterocycles. The highest BCUT2D eigenvalue weighted by molar-refractivity contribution is 5.79. The van der Waals surface area contributed by atoms with Crippen LogP contribution in [-0.4, -0.2) is 42.7 Å². The van der Waals surface area contributed by atoms with Crippen LogP contribution >= 0.6 is 0 Å². The van der Waals surface area contributed by atoms with E-state index in [1.165, 1.54) is 6.08 Å². The molecule has 3 nitrogen and oxygen atoms in total. The number of alkyl halides is 3. The summed E-state index contributed by atoms with van der Waals surface area (Å²) in [6.45, 7) is 4.75. The molecule has 1 aliphatic heterocycles. The van der Waals surface area contributed by atoms with E-state index in [1.807, 2.05) is 6.92 Å². The molecule has 1 rings (SSSR count). The van der Waals surface area contributed by atoms with Gasteiger partial charge >= 0.3 is 6.18 Å². The number of piperidine rings is 1. The first kappa shape index (κ1) is 15.0. The average Bonchev–Trinajstić information content (AvgIpc) is 2.26. The predicted molar refractivity (Wildman–Crippen MR) is 63.0 cm³/mol. The molecule has 0 radical (unpaired) electrons. The first-order chi connectivity index (χ1) is 8.33. The van der Waals surface area contributed by atoms with Crippen LogP contribution in [0.3, 0.4) is 0 Å². The minimum atomic E-state index is -4.36. The van der Waals surface area contributed by atoms with E-state index in [0.29, 0.717) is 19.4 Å². The van der Waals surface area contributed by atoms with Gasteiger partial charge in [0.2, 0.25) is 5.91 Å². The fourth-order valence-electron chi connectivity index (χ4n) is 2.22. The Morgan fingerprint density at radius 3 is 2.72 bits per heavy atom. The van der Waals surface area contributed by atoms with Gasteiger partial charge in [-0.2, -0.15) is 13.2 Å². The zero-order valence-corrected chi connectivity index (χ0v) is 10.5. The summed E-state index contributed by atoms with van der Waals surface area (Å²) in [6, 6.07) is 0.171. The second kappa shape index (κ2) is 6.22. The van der Waals surface area contributed by atoms with Crippen LogP contribution in [0, 0.1) is 5.92 Å². The van der Waals surface area contributed by atoms with Crippen molar-refractivity contribution in [3.05, 3.63) is 12.7 Å². The predicted octanol–water partition coefficient (Wildman–Crippen LogP) is 1.95. The molecule has 0 bridgehead atoms. The lowest BCUT2D eigenvalue weighted by molar-refractivity contribution is -0.163. The third kappa shape index (κ3) is 4.68. The normalized spacial score (nSPS) is 24.7. The van der Waals surface area contributed by atoms with E-state index in [9.17, 15) is 18.0 Å². The highest BCUT2D eigenvalue weighted by Crippen LogP contribution is 2.22. The second-order valence-electron chi connectivity index (χ2n) is 4.70. The SMILES string of the molecule is C=CCN(CC(F)(F)F)C(=O)[C@H]1CCN[C@@H](C)C1. The quantitative estimate of drug-likeness (QED) is 0.787. The first-order valence-corrected chi connectivity index (χ1v) is 6.03. The molecule has 6 heteroatoms. The molecule has 1 fully saturated rings. The van der Waals surface area contributed by atoms with E-state index in [-0.39, 0.29) is 18.5 Å². The molecule has 104 valence electrons. The number of nitrogens with one attached hydrogen (secondary N) is 1. The summed E-state index contributed by atoms with van der Waals surface area (Å²) in [6.07, 6.45) is -1.86. The van der Waals surface area contributed by atoms with Gasteiger partial charge < -0.3 is 10.2 Å². The lowest BCUT2D eigenvalue weighted by atomic mass is 9.92. The lowest BCUT2D eigenvalue weighted by Crippen LogP contribution is -2.46. The molecule has 1 heterocycles. The van der Waals surface area contributed by atoms with Gasteiger partial charge in [-0.15, -0.1) is 6.58 Å². The van der Waals surface area contributed by atoms with Crippen LogP contribution in [0.15, 0.2) is 12.7 Å². The molecule has 0 spiro atoms. The Balaban J connectivity index is 2.66. The highest BCUT2D eigenvalue weighted by atomic mass is 19.4. The van der Waals surface area contributed by atoms with Crippen LogP contribution in [0.1, 0.15) is 19.8 Å². The van der Waals surface area contributed by atoms with Crippen molar-refractivity contribution in [1.82, 2.24) is 10.2 Å². The summed E-state index contributed by atoms with van der Waals surface area (Å²) in [7, 11) is 0. The summed E-state index contributed by atoms with van der Waals surface area (Å²) >= 11 is 0. The summed E-state index contributed by atoms with van der Waals surface area (Å²) in [4.78, 5) is 12.9. The highest BCUT2D eigenvalue weighted by Gasteiger charge is 2.35. The largest absolute Gasteiger partial charge is 0.406 e. The zero-order valence-electron chi connectivity index (χ0n) is 10.5. The number of carbonyl (C=O) groups excluding carboxylic acids is 1. The molecule has 1 amide bonds. The summed E-state index contributed by atoms with van der Waals surface area (Å²) in [5, 5.41) is 3.17. The maximum atomic E-state index is 12.4. The molecule has 1 N–H and O–H groups in total. The lowest BCUT2D eigenvalue weighted by Gasteiger charge is -2.32. The zero-order chi connectivity index (χ0) is 13.8. The Morgan fingerprint density at radius 2 is 2.22 bits per heavy atom. The Morgan fingerprint density at radius 1 is 1.56 bits per heavy atom. The Labute approximate surface area is 105 Å². The van der Waals surface area contributed by atoms with Crippen LogP contribution in [0.2, 0.25) is 0 Å². The van der Waals surface area contributed by atoms with Crippen LogP contribution in [0.25, 0.3) is 0 Å². The van der Waals surface area contributed by atoms with Crippen molar-refractivity contribution in [2.75, 3.05) is 19.6 Å². The van der Waals surface area contributed by atoms with Gasteiger partial charge in [-0.25, -0.2) is 0 Å². The van der Waals surface area contributed by atoms with E-state index in [1.54, 1.807) is 0 Å². The van der Waals surface area contributed by atoms with Gasteiger partial charge in [-0.1, -0.05) is 6.08 Å². The second-order valence-corrected chi connectivity index (χ2v) is 4.70. The Kier molecular flexibility index (Phi) is 5.19. The minimum Gasteiger partial charge on any atom is -0.330 e. The third-order valence-corrected chi connectivity index (χ3v) is 3.00. The number of carbonyl (C=O) groups is 1. The van der Waals surface area contributed by atoms with Gasteiger partial charge in [0.25, 0.3) is 0 Å². The molecule has 0 saturated carbocycles. The summed E-state index contributed by atoms with van der Waals surface area (Å²) < 4.78 is 37.2. The van der Waals surface area contributed by atoms with Crippen molar-refractivity contribution in [3.63, 3.8) is 0 Å². The molecule has 0 aromatic carbocycles. The maximum absolute atomic E-state index is 12.4. The number of hydrogen-bond donors (Lipinski definition) is 1. The van der Waals surface area contributed by atoms with Gasteiger partial charge in [0.15, 0.2) is 0 Å². The summed E-state index contributed by atoms with van der Waals surface area (Å²) in [5.41, 5.74) is 0. The smallest absolute Gasteiger partial charge is 0.330 e. The maximum Gasteiger partial charge on any atom is 0.406 e. The van der Waals surface area contributed by atoms with E-state index < -0.39 is 18.6 Å². The topological polar surface area (TPSA) is 32.3 Å². The average molecular weight is 264 g/mol. The number of halogens is 3. The van der Waals surface area contributed by atoms with Gasteiger partial charge in [0.05, 0.1) is 0 Å². The van der Waals surface area contributed by atoms with E-state index in [4.69, 9.17) is 0 Å². The molecule has 2 atom stereocenters. The molecule has 0 unspecified atom stereocenters. The molecular formula is C12H19F3N2O. The minimum absolute atomic E-state index is 0.0589. The fraction of sp³-hybridized carbons (Fsp3) is 0.750. The summed E-state index contributed by atoms with van der Waals surface area (Å²) in [5.74, 6) is -0.732. The van der Waals surface area contributed by atoms with Crippen molar-refractivity contribution in [3.8, 4) is 0 Å². The molecule has 0 aromatic rings. The number of nitrogens with zero attached hydrogens (tertiary/aromatic N) is 1. The van der Waals surface area contributed by atoms with Crippen LogP contribution in [0.4, 0.5) is 13.2 Å². The molecule has 1 saturated heterocycles. The van der Waals surface area contributed by atoms with Crippen molar-refractivity contribution >= 4 is 5.91 Å². The standard InChI is InChI=1S/C12H19F3N2O/c1-3-6-17(8-12(13,14)15)11(18)10-4-5-16-9(2)7-10/h3,9-10,16H,1,4-8H2,2H3/t9-,10-/m0/s1. The van der Waals surface area contributed by atoms with Gasteiger partial charge in [-0.05, 0) is 26.3 Å². The molecular weight excluding hydrogens is 245 g/mol. The van der Waals surface area contributed by atoms with E-state index in [0.717, 1.165) is 4.90 Å².